The Balaban J connectivity index is 2.14. The molecule has 5 atom stereocenters. The van der Waals surface area contributed by atoms with Crippen molar-refractivity contribution < 1.29 is 47.9 Å². The molecule has 3 N–H and O–H groups in total. The molecular formula is C15H22NO9P. The van der Waals surface area contributed by atoms with Crippen LogP contribution in [0.15, 0.2) is 24.5 Å². The normalized spacial score (nSPS) is 28.6. The van der Waals surface area contributed by atoms with Gasteiger partial charge in [0.1, 0.15) is 23.4 Å². The van der Waals surface area contributed by atoms with Crippen LogP contribution >= 0.6 is 7.82 Å². The van der Waals surface area contributed by atoms with Crippen molar-refractivity contribution in [3.8, 4) is 0 Å². The maximum absolute atomic E-state index is 12.1. The number of ether oxygens (including phenoxy) is 2. The van der Waals surface area contributed by atoms with E-state index in [0.717, 1.165) is 0 Å². The smallest absolute Gasteiger partial charge is 0.344 e. The monoisotopic (exact) mass is 391 g/mol. The number of aromatic nitrogens is 1. The molecule has 1 saturated heterocycles. The third-order valence-corrected chi connectivity index (χ3v) is 3.97. The lowest BCUT2D eigenvalue weighted by Gasteiger charge is -2.19. The molecule has 1 aliphatic rings. The van der Waals surface area contributed by atoms with Crippen molar-refractivity contribution in [2.24, 2.45) is 0 Å². The number of phosphoric acid groups is 1. The van der Waals surface area contributed by atoms with E-state index in [1.165, 1.54) is 29.1 Å². The summed E-state index contributed by atoms with van der Waals surface area (Å²) < 4.78 is 26.9. The highest BCUT2D eigenvalue weighted by molar-refractivity contribution is 7.44. The molecule has 1 aromatic heterocycles. The average molecular weight is 391 g/mol. The Labute approximate surface area is 150 Å². The maximum atomic E-state index is 12.1. The minimum absolute atomic E-state index is 0.201. The van der Waals surface area contributed by atoms with Crippen LogP contribution in [0.2, 0.25) is 0 Å². The summed E-state index contributed by atoms with van der Waals surface area (Å²) in [6.45, 7) is 4.51. The molecule has 11 heteroatoms. The van der Waals surface area contributed by atoms with Gasteiger partial charge in [-0.25, -0.2) is 4.79 Å². The van der Waals surface area contributed by atoms with Crippen molar-refractivity contribution in [1.29, 1.82) is 0 Å². The molecule has 146 valence electrons. The van der Waals surface area contributed by atoms with E-state index < -0.39 is 50.5 Å². The molecule has 10 nitrogen and oxygen atoms in total. The van der Waals surface area contributed by atoms with Gasteiger partial charge in [0.2, 0.25) is 0 Å². The van der Waals surface area contributed by atoms with Gasteiger partial charge < -0.3 is 34.0 Å². The summed E-state index contributed by atoms with van der Waals surface area (Å²) in [5, 5.41) is 20.1. The highest BCUT2D eigenvalue weighted by atomic mass is 31.2. The van der Waals surface area contributed by atoms with Gasteiger partial charge in [0, 0.05) is 6.07 Å². The number of carbonyl (C=O) groups is 1. The number of nitrogens with zero attached hydrogens (tertiary/aromatic N) is 1. The molecule has 1 unspecified atom stereocenters. The van der Waals surface area contributed by atoms with Crippen LogP contribution in [-0.2, 0) is 18.6 Å². The third kappa shape index (κ3) is 5.55. The van der Waals surface area contributed by atoms with Gasteiger partial charge in [0.25, 0.3) is 14.1 Å². The van der Waals surface area contributed by atoms with Gasteiger partial charge in [-0.05, 0) is 26.8 Å². The molecule has 0 aliphatic carbocycles. The molecular weight excluding hydrogens is 369 g/mol. The van der Waals surface area contributed by atoms with E-state index in [0.29, 0.717) is 0 Å². The molecule has 0 spiro atoms. The minimum atomic E-state index is -4.99. The summed E-state index contributed by atoms with van der Waals surface area (Å²) in [5.74, 6) is -0.577. The molecule has 0 radical (unpaired) electrons. The van der Waals surface area contributed by atoms with E-state index in [2.05, 4.69) is 4.52 Å². The maximum Gasteiger partial charge on any atom is 0.344 e. The predicted molar refractivity (Wildman–Crippen MR) is 83.5 cm³/mol. The van der Waals surface area contributed by atoms with Crippen molar-refractivity contribution in [3.63, 3.8) is 0 Å². The second-order valence-corrected chi connectivity index (χ2v) is 8.05. The van der Waals surface area contributed by atoms with Crippen molar-refractivity contribution in [2.75, 3.05) is 6.61 Å². The molecule has 0 saturated carbocycles. The topological polar surface area (TPSA) is 149 Å². The Hall–Kier alpha value is -1.39. The van der Waals surface area contributed by atoms with E-state index in [1.54, 1.807) is 20.8 Å². The third-order valence-electron chi connectivity index (χ3n) is 3.49. The van der Waals surface area contributed by atoms with Crippen molar-refractivity contribution in [3.05, 3.63) is 30.1 Å². The summed E-state index contributed by atoms with van der Waals surface area (Å²) >= 11 is 0. The molecule has 26 heavy (non-hydrogen) atoms. The molecule has 0 aromatic carbocycles. The van der Waals surface area contributed by atoms with Gasteiger partial charge >= 0.3 is 5.97 Å². The lowest BCUT2D eigenvalue weighted by molar-refractivity contribution is -0.765. The Kier molecular flexibility index (Phi) is 6.19. The van der Waals surface area contributed by atoms with Crippen LogP contribution < -0.4 is 9.46 Å². The molecule has 0 bridgehead atoms. The number of carbonyl (C=O) groups excluding carboxylic acids is 1. The Morgan fingerprint density at radius 2 is 2.04 bits per heavy atom. The minimum Gasteiger partial charge on any atom is -0.756 e. The zero-order valence-electron chi connectivity index (χ0n) is 14.5. The van der Waals surface area contributed by atoms with Crippen LogP contribution in [0.5, 0.6) is 0 Å². The Bertz CT molecular complexity index is 699. The number of esters is 1. The van der Waals surface area contributed by atoms with E-state index in [9.17, 15) is 24.5 Å². The van der Waals surface area contributed by atoms with Crippen LogP contribution in [-0.4, -0.2) is 51.6 Å². The van der Waals surface area contributed by atoms with Gasteiger partial charge in [-0.3, -0.25) is 4.57 Å². The number of aliphatic hydroxyl groups excluding tert-OH is 2. The summed E-state index contributed by atoms with van der Waals surface area (Å²) in [5.41, 5.74) is -0.483. The molecule has 0 amide bonds. The Morgan fingerprint density at radius 1 is 1.38 bits per heavy atom. The van der Waals surface area contributed by atoms with Gasteiger partial charge in [0.15, 0.2) is 18.5 Å². The zero-order chi connectivity index (χ0) is 19.7. The fourth-order valence-corrected chi connectivity index (χ4v) is 2.72. The number of hydrogen-bond donors (Lipinski definition) is 3. The SMILES string of the molecule is CC(C)(C)OC(=O)c1ccc[n+]([C@@H]2O[C@@H](COP(=O)([O-])O)[C@@H](O)[C@H]2O)c1. The zero-order valence-corrected chi connectivity index (χ0v) is 15.4. The molecule has 1 aromatic rings. The standard InChI is InChI=1S/C15H22NO9P/c1-15(2,3)25-14(19)9-5-4-6-16(7-9)13-12(18)11(17)10(24-13)8-23-26(20,21)22/h4-7,10-13,17-18H,8H2,1-3H3,(H-,20,21,22)/t10-,11+,12+,13+/m0/s1. The van der Waals surface area contributed by atoms with Crippen LogP contribution in [0.25, 0.3) is 0 Å². The first kappa shape index (κ1) is 20.9. The van der Waals surface area contributed by atoms with Gasteiger partial charge in [0.05, 0.1) is 6.61 Å². The van der Waals surface area contributed by atoms with Crippen LogP contribution in [0.4, 0.5) is 0 Å². The molecule has 2 rings (SSSR count). The van der Waals surface area contributed by atoms with E-state index >= 15 is 0 Å². The first-order valence-electron chi connectivity index (χ1n) is 7.81. The number of hydrogen-bond acceptors (Lipinski definition) is 8. The molecule has 1 fully saturated rings. The summed E-state index contributed by atoms with van der Waals surface area (Å²) in [6, 6.07) is 3.05. The number of aliphatic hydroxyl groups is 2. The summed E-state index contributed by atoms with van der Waals surface area (Å²) in [7, 11) is -4.99. The Morgan fingerprint density at radius 3 is 2.62 bits per heavy atom. The second kappa shape index (κ2) is 7.69. The number of rotatable bonds is 5. The van der Waals surface area contributed by atoms with E-state index in [-0.39, 0.29) is 5.56 Å². The second-order valence-electron chi connectivity index (χ2n) is 6.85. The highest BCUT2D eigenvalue weighted by Crippen LogP contribution is 2.33. The van der Waals surface area contributed by atoms with E-state index in [4.69, 9.17) is 14.4 Å². The first-order valence-corrected chi connectivity index (χ1v) is 9.31. The van der Waals surface area contributed by atoms with Crippen LogP contribution in [0.1, 0.15) is 37.4 Å². The number of pyridine rings is 1. The lowest BCUT2D eigenvalue weighted by atomic mass is 10.1. The van der Waals surface area contributed by atoms with Gasteiger partial charge in [-0.1, -0.05) is 0 Å². The quantitative estimate of drug-likeness (QED) is 0.327. The first-order chi connectivity index (χ1) is 11.9. The van der Waals surface area contributed by atoms with Crippen LogP contribution in [0.3, 0.4) is 0 Å². The fourth-order valence-electron chi connectivity index (χ4n) is 2.39. The van der Waals surface area contributed by atoms with Crippen LogP contribution in [0, 0.1) is 0 Å². The molecule has 1 aliphatic heterocycles. The van der Waals surface area contributed by atoms with Crippen molar-refractivity contribution in [1.82, 2.24) is 0 Å². The summed E-state index contributed by atoms with van der Waals surface area (Å²) in [6.07, 6.45) is -2.27. The van der Waals surface area contributed by atoms with Crippen molar-refractivity contribution >= 4 is 13.8 Å². The summed E-state index contributed by atoms with van der Waals surface area (Å²) in [4.78, 5) is 31.4. The number of phosphoric ester groups is 1. The van der Waals surface area contributed by atoms with E-state index in [1.807, 2.05) is 0 Å². The predicted octanol–water partition coefficient (Wildman–Crippen LogP) is -0.974. The van der Waals surface area contributed by atoms with Crippen molar-refractivity contribution in [2.45, 2.75) is 50.9 Å². The highest BCUT2D eigenvalue weighted by Gasteiger charge is 2.48. The van der Waals surface area contributed by atoms with Gasteiger partial charge in [-0.15, -0.1) is 0 Å². The van der Waals surface area contributed by atoms with Gasteiger partial charge in [-0.2, -0.15) is 4.57 Å². The fraction of sp³-hybridized carbons (Fsp3) is 0.600. The lowest BCUT2D eigenvalue weighted by Crippen LogP contribution is -2.46. The molecule has 2 heterocycles. The average Bonchev–Trinajstić information content (AvgIpc) is 2.79. The largest absolute Gasteiger partial charge is 0.756 e.